The lowest BCUT2D eigenvalue weighted by molar-refractivity contribution is -0.122. The zero-order chi connectivity index (χ0) is 10.8. The summed E-state index contributed by atoms with van der Waals surface area (Å²) in [7, 11) is 0. The number of carbonyl (C=O) groups is 1. The van der Waals surface area contributed by atoms with Crippen molar-refractivity contribution in [1.29, 1.82) is 0 Å². The second kappa shape index (κ2) is 3.96. The van der Waals surface area contributed by atoms with Gasteiger partial charge in [-0.05, 0) is 36.6 Å². The fourth-order valence-electron chi connectivity index (χ4n) is 1.80. The molecule has 1 saturated heterocycles. The number of hydrogen-bond donors (Lipinski definition) is 1. The Labute approximate surface area is 86.3 Å². The van der Waals surface area contributed by atoms with Crippen molar-refractivity contribution in [1.82, 2.24) is 5.32 Å². The van der Waals surface area contributed by atoms with Crippen LogP contribution in [0.3, 0.4) is 0 Å². The van der Waals surface area contributed by atoms with Gasteiger partial charge in [-0.2, -0.15) is 0 Å². The maximum absolute atomic E-state index is 13.3. The van der Waals surface area contributed by atoms with Gasteiger partial charge in [0.25, 0.3) is 0 Å². The van der Waals surface area contributed by atoms with Crippen LogP contribution in [-0.4, -0.2) is 12.5 Å². The van der Waals surface area contributed by atoms with Crippen molar-refractivity contribution >= 4 is 5.91 Å². The molecule has 0 aliphatic carbocycles. The van der Waals surface area contributed by atoms with Gasteiger partial charge in [-0.3, -0.25) is 4.79 Å². The third kappa shape index (κ3) is 2.14. The molecule has 2 nitrogen and oxygen atoms in total. The minimum atomic E-state index is -0.468. The van der Waals surface area contributed by atoms with Crippen molar-refractivity contribution in [2.75, 3.05) is 6.54 Å². The Kier molecular flexibility index (Phi) is 2.66. The summed E-state index contributed by atoms with van der Waals surface area (Å²) in [5.74, 6) is -1.21. The lowest BCUT2D eigenvalue weighted by atomic mass is 9.98. The first-order valence-electron chi connectivity index (χ1n) is 4.88. The van der Waals surface area contributed by atoms with E-state index in [1.165, 1.54) is 0 Å². The van der Waals surface area contributed by atoms with Crippen LogP contribution in [0.15, 0.2) is 18.2 Å². The molecular formula is C11H11F2NO. The van der Waals surface area contributed by atoms with E-state index in [0.717, 1.165) is 18.2 Å². The predicted octanol–water partition coefficient (Wildman–Crippen LogP) is 1.64. The van der Waals surface area contributed by atoms with E-state index in [0.29, 0.717) is 13.0 Å². The molecule has 1 amide bonds. The molecule has 1 fully saturated rings. The molecular weight excluding hydrogens is 200 g/mol. The molecule has 1 aromatic carbocycles. The number of nitrogens with one attached hydrogen (secondary N) is 1. The Morgan fingerprint density at radius 2 is 2.20 bits per heavy atom. The first-order valence-corrected chi connectivity index (χ1v) is 4.88. The molecule has 0 bridgehead atoms. The van der Waals surface area contributed by atoms with Crippen molar-refractivity contribution in [3.63, 3.8) is 0 Å². The Hall–Kier alpha value is -1.45. The van der Waals surface area contributed by atoms with Gasteiger partial charge < -0.3 is 5.32 Å². The van der Waals surface area contributed by atoms with Gasteiger partial charge in [0, 0.05) is 12.5 Å². The van der Waals surface area contributed by atoms with E-state index in [1.807, 2.05) is 0 Å². The molecule has 4 heteroatoms. The molecule has 15 heavy (non-hydrogen) atoms. The molecule has 1 unspecified atom stereocenters. The van der Waals surface area contributed by atoms with Crippen LogP contribution in [-0.2, 0) is 11.2 Å². The number of carbonyl (C=O) groups excluding carboxylic acids is 1. The van der Waals surface area contributed by atoms with Crippen LogP contribution >= 0.6 is 0 Å². The predicted molar refractivity (Wildman–Crippen MR) is 51.2 cm³/mol. The molecule has 1 aromatic rings. The summed E-state index contributed by atoms with van der Waals surface area (Å²) in [5.41, 5.74) is 0.275. The monoisotopic (exact) mass is 211 g/mol. The van der Waals surface area contributed by atoms with Crippen LogP contribution < -0.4 is 5.32 Å². The van der Waals surface area contributed by atoms with Gasteiger partial charge in [0.15, 0.2) is 0 Å². The Morgan fingerprint density at radius 3 is 2.87 bits per heavy atom. The molecule has 80 valence electrons. The average molecular weight is 211 g/mol. The molecule has 0 spiro atoms. The van der Waals surface area contributed by atoms with Crippen molar-refractivity contribution < 1.29 is 13.6 Å². The SMILES string of the molecule is O=C1NCCC1Cc1cc(F)ccc1F. The molecule has 0 saturated carbocycles. The van der Waals surface area contributed by atoms with Gasteiger partial charge in [0.1, 0.15) is 11.6 Å². The summed E-state index contributed by atoms with van der Waals surface area (Å²) in [6, 6.07) is 3.33. The molecule has 1 heterocycles. The van der Waals surface area contributed by atoms with Crippen LogP contribution in [0.1, 0.15) is 12.0 Å². The molecule has 0 aromatic heterocycles. The Balaban J connectivity index is 2.16. The first-order chi connectivity index (χ1) is 7.16. The van der Waals surface area contributed by atoms with Crippen molar-refractivity contribution in [2.45, 2.75) is 12.8 Å². The number of halogens is 2. The minimum Gasteiger partial charge on any atom is -0.356 e. The topological polar surface area (TPSA) is 29.1 Å². The van der Waals surface area contributed by atoms with E-state index in [9.17, 15) is 13.6 Å². The van der Waals surface area contributed by atoms with Crippen LogP contribution in [0.25, 0.3) is 0 Å². The van der Waals surface area contributed by atoms with Gasteiger partial charge in [-0.1, -0.05) is 0 Å². The maximum Gasteiger partial charge on any atom is 0.223 e. The molecule has 1 atom stereocenters. The smallest absolute Gasteiger partial charge is 0.223 e. The van der Waals surface area contributed by atoms with Gasteiger partial charge >= 0.3 is 0 Å². The van der Waals surface area contributed by atoms with Gasteiger partial charge in [-0.15, -0.1) is 0 Å². The van der Waals surface area contributed by atoms with Crippen LogP contribution in [0.2, 0.25) is 0 Å². The van der Waals surface area contributed by atoms with E-state index in [4.69, 9.17) is 0 Å². The Bertz CT molecular complexity index is 392. The van der Waals surface area contributed by atoms with E-state index >= 15 is 0 Å². The molecule has 0 radical (unpaired) electrons. The van der Waals surface area contributed by atoms with E-state index in [1.54, 1.807) is 0 Å². The lowest BCUT2D eigenvalue weighted by Crippen LogP contribution is -2.20. The largest absolute Gasteiger partial charge is 0.356 e. The first kappa shape index (κ1) is 10.1. The normalized spacial score (nSPS) is 20.4. The highest BCUT2D eigenvalue weighted by molar-refractivity contribution is 5.80. The van der Waals surface area contributed by atoms with Gasteiger partial charge in [0.2, 0.25) is 5.91 Å². The van der Waals surface area contributed by atoms with E-state index in [-0.39, 0.29) is 23.8 Å². The fourth-order valence-corrected chi connectivity index (χ4v) is 1.80. The molecule has 1 aliphatic heterocycles. The number of amides is 1. The van der Waals surface area contributed by atoms with E-state index < -0.39 is 11.6 Å². The minimum absolute atomic E-state index is 0.0707. The highest BCUT2D eigenvalue weighted by Crippen LogP contribution is 2.19. The van der Waals surface area contributed by atoms with Gasteiger partial charge in [0.05, 0.1) is 0 Å². The van der Waals surface area contributed by atoms with Crippen molar-refractivity contribution in [3.8, 4) is 0 Å². The van der Waals surface area contributed by atoms with Crippen molar-refractivity contribution in [3.05, 3.63) is 35.4 Å². The second-order valence-corrected chi connectivity index (χ2v) is 3.72. The number of rotatable bonds is 2. The van der Waals surface area contributed by atoms with E-state index in [2.05, 4.69) is 5.32 Å². The highest BCUT2D eigenvalue weighted by atomic mass is 19.1. The number of hydrogen-bond acceptors (Lipinski definition) is 1. The second-order valence-electron chi connectivity index (χ2n) is 3.72. The van der Waals surface area contributed by atoms with Crippen LogP contribution in [0, 0.1) is 17.6 Å². The van der Waals surface area contributed by atoms with Crippen LogP contribution in [0.4, 0.5) is 8.78 Å². The Morgan fingerprint density at radius 1 is 1.40 bits per heavy atom. The summed E-state index contributed by atoms with van der Waals surface area (Å²) < 4.78 is 26.1. The number of benzene rings is 1. The quantitative estimate of drug-likeness (QED) is 0.791. The zero-order valence-electron chi connectivity index (χ0n) is 8.09. The third-order valence-corrected chi connectivity index (χ3v) is 2.64. The van der Waals surface area contributed by atoms with Crippen LogP contribution in [0.5, 0.6) is 0 Å². The standard InChI is InChI=1S/C11H11F2NO/c12-9-1-2-10(13)8(6-9)5-7-3-4-14-11(7)15/h1-2,6-7H,3-5H2,(H,14,15). The average Bonchev–Trinajstić information content (AvgIpc) is 2.58. The zero-order valence-corrected chi connectivity index (χ0v) is 8.09. The molecule has 1 N–H and O–H groups in total. The summed E-state index contributed by atoms with van der Waals surface area (Å²) in [4.78, 5) is 11.2. The summed E-state index contributed by atoms with van der Waals surface area (Å²) >= 11 is 0. The summed E-state index contributed by atoms with van der Waals surface area (Å²) in [5, 5.41) is 2.67. The highest BCUT2D eigenvalue weighted by Gasteiger charge is 2.25. The van der Waals surface area contributed by atoms with Crippen molar-refractivity contribution in [2.24, 2.45) is 5.92 Å². The van der Waals surface area contributed by atoms with Gasteiger partial charge in [-0.25, -0.2) is 8.78 Å². The maximum atomic E-state index is 13.3. The summed E-state index contributed by atoms with van der Waals surface area (Å²) in [6.07, 6.45) is 0.963. The fraction of sp³-hybridized carbons (Fsp3) is 0.364. The molecule has 1 aliphatic rings. The molecule has 2 rings (SSSR count). The third-order valence-electron chi connectivity index (χ3n) is 2.64. The lowest BCUT2D eigenvalue weighted by Gasteiger charge is -2.07. The summed E-state index contributed by atoms with van der Waals surface area (Å²) in [6.45, 7) is 0.625.